The van der Waals surface area contributed by atoms with E-state index in [9.17, 15) is 14.4 Å². The minimum Gasteiger partial charge on any atom is -0.342 e. The Hall–Kier alpha value is -2.67. The molecule has 3 atom stereocenters. The standard InChI is InChI=1S/C21H26N4O3/c1-23-13-16(15-5-3-2-4-6-15)17-14-24(11-9-18(17)23)20(27)10-12-25-21(28)8-7-19(26)22-25/h2-8,16-18H,9-14H2,1H3,(H,22,26)/t16-,17-,18-/m1/s1. The number of likely N-dealkylation sites (N-methyl/N-ethyl adjacent to an activating group) is 1. The van der Waals surface area contributed by atoms with E-state index in [1.54, 1.807) is 0 Å². The van der Waals surface area contributed by atoms with Crippen molar-refractivity contribution in [3.05, 3.63) is 68.7 Å². The molecule has 7 nitrogen and oxygen atoms in total. The molecule has 0 radical (unpaired) electrons. The van der Waals surface area contributed by atoms with Gasteiger partial charge in [-0.15, -0.1) is 0 Å². The smallest absolute Gasteiger partial charge is 0.265 e. The topological polar surface area (TPSA) is 78.4 Å². The molecule has 148 valence electrons. The zero-order valence-corrected chi connectivity index (χ0v) is 16.1. The van der Waals surface area contributed by atoms with Gasteiger partial charge in [-0.2, -0.15) is 0 Å². The molecule has 0 spiro atoms. The molecule has 1 N–H and O–H groups in total. The monoisotopic (exact) mass is 382 g/mol. The zero-order chi connectivity index (χ0) is 19.7. The number of hydrogen-bond donors (Lipinski definition) is 1. The molecule has 2 saturated heterocycles. The Morgan fingerprint density at radius 2 is 1.89 bits per heavy atom. The van der Waals surface area contributed by atoms with Crippen molar-refractivity contribution in [3.8, 4) is 0 Å². The number of aromatic amines is 1. The van der Waals surface area contributed by atoms with Crippen molar-refractivity contribution in [1.82, 2.24) is 19.6 Å². The van der Waals surface area contributed by atoms with E-state index in [-0.39, 0.29) is 30.0 Å². The van der Waals surface area contributed by atoms with E-state index in [0.29, 0.717) is 17.9 Å². The summed E-state index contributed by atoms with van der Waals surface area (Å²) in [5.74, 6) is 0.890. The van der Waals surface area contributed by atoms with Crippen LogP contribution in [0.2, 0.25) is 0 Å². The van der Waals surface area contributed by atoms with E-state index in [1.165, 1.54) is 22.4 Å². The van der Waals surface area contributed by atoms with Crippen molar-refractivity contribution >= 4 is 5.91 Å². The molecule has 0 saturated carbocycles. The van der Waals surface area contributed by atoms with Gasteiger partial charge < -0.3 is 9.80 Å². The second-order valence-corrected chi connectivity index (χ2v) is 7.87. The molecular weight excluding hydrogens is 356 g/mol. The Balaban J connectivity index is 1.44. The van der Waals surface area contributed by atoms with Crippen molar-refractivity contribution < 1.29 is 4.79 Å². The Morgan fingerprint density at radius 3 is 2.68 bits per heavy atom. The SMILES string of the molecule is CN1C[C@H](c2ccccc2)[C@H]2CN(C(=O)CCn3[nH]c(=O)ccc3=O)CC[C@H]21. The van der Waals surface area contributed by atoms with Gasteiger partial charge >= 0.3 is 0 Å². The number of benzene rings is 1. The lowest BCUT2D eigenvalue weighted by molar-refractivity contribution is -0.133. The maximum absolute atomic E-state index is 12.8. The number of aromatic nitrogens is 2. The third-order valence-corrected chi connectivity index (χ3v) is 6.21. The lowest BCUT2D eigenvalue weighted by Crippen LogP contribution is -2.48. The fourth-order valence-corrected chi connectivity index (χ4v) is 4.77. The first-order valence-corrected chi connectivity index (χ1v) is 9.86. The molecular formula is C21H26N4O3. The zero-order valence-electron chi connectivity index (χ0n) is 16.1. The van der Waals surface area contributed by atoms with E-state index in [1.807, 2.05) is 11.0 Å². The molecule has 0 bridgehead atoms. The first-order valence-electron chi connectivity index (χ1n) is 9.86. The van der Waals surface area contributed by atoms with Crippen molar-refractivity contribution in [3.63, 3.8) is 0 Å². The number of carbonyl (C=O) groups excluding carboxylic acids is 1. The largest absolute Gasteiger partial charge is 0.342 e. The van der Waals surface area contributed by atoms with Gasteiger partial charge in [-0.3, -0.25) is 19.5 Å². The molecule has 28 heavy (non-hydrogen) atoms. The lowest BCUT2D eigenvalue weighted by Gasteiger charge is -2.38. The Morgan fingerprint density at radius 1 is 1.11 bits per heavy atom. The van der Waals surface area contributed by atoms with Crippen molar-refractivity contribution in [2.24, 2.45) is 5.92 Å². The maximum atomic E-state index is 12.8. The average Bonchev–Trinajstić information content (AvgIpc) is 3.05. The summed E-state index contributed by atoms with van der Waals surface area (Å²) < 4.78 is 1.21. The number of aryl methyl sites for hydroxylation is 1. The van der Waals surface area contributed by atoms with Crippen LogP contribution in [0, 0.1) is 5.92 Å². The van der Waals surface area contributed by atoms with Crippen LogP contribution >= 0.6 is 0 Å². The van der Waals surface area contributed by atoms with E-state index >= 15 is 0 Å². The highest BCUT2D eigenvalue weighted by Gasteiger charge is 2.44. The van der Waals surface area contributed by atoms with Crippen molar-refractivity contribution in [1.29, 1.82) is 0 Å². The normalized spacial score (nSPS) is 24.9. The molecule has 7 heteroatoms. The minimum atomic E-state index is -0.340. The number of amides is 1. The minimum absolute atomic E-state index is 0.0383. The maximum Gasteiger partial charge on any atom is 0.265 e. The Labute approximate surface area is 163 Å². The first kappa shape index (κ1) is 18.7. The van der Waals surface area contributed by atoms with E-state index in [2.05, 4.69) is 41.3 Å². The van der Waals surface area contributed by atoms with Crippen LogP contribution in [-0.4, -0.2) is 58.2 Å². The number of carbonyl (C=O) groups is 1. The number of nitrogens with zero attached hydrogens (tertiary/aromatic N) is 3. The van der Waals surface area contributed by atoms with Gasteiger partial charge in [-0.25, -0.2) is 4.68 Å². The van der Waals surface area contributed by atoms with Crippen LogP contribution in [0.1, 0.15) is 24.3 Å². The number of nitrogens with one attached hydrogen (secondary N) is 1. The molecule has 1 aromatic carbocycles. The van der Waals surface area contributed by atoms with Crippen molar-refractivity contribution in [2.45, 2.75) is 31.3 Å². The van der Waals surface area contributed by atoms with Crippen LogP contribution in [0.3, 0.4) is 0 Å². The van der Waals surface area contributed by atoms with Gasteiger partial charge in [0.2, 0.25) is 5.91 Å². The van der Waals surface area contributed by atoms with Crippen LogP contribution < -0.4 is 11.1 Å². The number of H-pyrrole nitrogens is 1. The highest BCUT2D eigenvalue weighted by atomic mass is 16.2. The van der Waals surface area contributed by atoms with Gasteiger partial charge in [-0.05, 0) is 19.0 Å². The number of likely N-dealkylation sites (tertiary alicyclic amines) is 2. The second-order valence-electron chi connectivity index (χ2n) is 7.87. The average molecular weight is 382 g/mol. The molecule has 2 aromatic rings. The third-order valence-electron chi connectivity index (χ3n) is 6.21. The molecule has 0 aliphatic carbocycles. The van der Waals surface area contributed by atoms with E-state index in [0.717, 1.165) is 26.1 Å². The fraction of sp³-hybridized carbons (Fsp3) is 0.476. The number of fused-ring (bicyclic) bond motifs is 1. The van der Waals surface area contributed by atoms with Crippen LogP contribution in [0.25, 0.3) is 0 Å². The second kappa shape index (κ2) is 7.75. The summed E-state index contributed by atoms with van der Waals surface area (Å²) in [6.45, 7) is 2.70. The van der Waals surface area contributed by atoms with Crippen molar-refractivity contribution in [2.75, 3.05) is 26.7 Å². The van der Waals surface area contributed by atoms with Gasteiger partial charge in [0.25, 0.3) is 11.1 Å². The van der Waals surface area contributed by atoms with Gasteiger partial charge in [0.05, 0.1) is 6.54 Å². The highest BCUT2D eigenvalue weighted by Crippen LogP contribution is 2.40. The quantitative estimate of drug-likeness (QED) is 0.851. The summed E-state index contributed by atoms with van der Waals surface area (Å²) >= 11 is 0. The van der Waals surface area contributed by atoms with Crippen LogP contribution in [0.4, 0.5) is 0 Å². The summed E-state index contributed by atoms with van der Waals surface area (Å²) in [7, 11) is 2.18. The Bertz CT molecular complexity index is 952. The summed E-state index contributed by atoms with van der Waals surface area (Å²) in [5.41, 5.74) is 0.699. The first-order chi connectivity index (χ1) is 13.5. The third kappa shape index (κ3) is 3.67. The van der Waals surface area contributed by atoms with Crippen LogP contribution in [0.5, 0.6) is 0 Å². The molecule has 0 unspecified atom stereocenters. The van der Waals surface area contributed by atoms with Gasteiger partial charge in [0.15, 0.2) is 0 Å². The summed E-state index contributed by atoms with van der Waals surface area (Å²) in [6.07, 6.45) is 1.18. The lowest BCUT2D eigenvalue weighted by atomic mass is 9.82. The van der Waals surface area contributed by atoms with Gasteiger partial charge in [0.1, 0.15) is 0 Å². The van der Waals surface area contributed by atoms with Gasteiger partial charge in [-0.1, -0.05) is 30.3 Å². The molecule has 2 fully saturated rings. The molecule has 1 amide bonds. The molecule has 4 rings (SSSR count). The molecule has 2 aliphatic heterocycles. The fourth-order valence-electron chi connectivity index (χ4n) is 4.77. The van der Waals surface area contributed by atoms with Crippen LogP contribution in [-0.2, 0) is 11.3 Å². The number of hydrogen-bond acceptors (Lipinski definition) is 4. The van der Waals surface area contributed by atoms with E-state index < -0.39 is 0 Å². The predicted molar refractivity (Wildman–Crippen MR) is 106 cm³/mol. The van der Waals surface area contributed by atoms with Gasteiger partial charge in [0, 0.05) is 56.1 Å². The predicted octanol–water partition coefficient (Wildman–Crippen LogP) is 0.873. The Kier molecular flexibility index (Phi) is 5.17. The number of rotatable bonds is 4. The highest BCUT2D eigenvalue weighted by molar-refractivity contribution is 5.76. The summed E-state index contributed by atoms with van der Waals surface area (Å²) in [5, 5.41) is 2.48. The molecule has 3 heterocycles. The van der Waals surface area contributed by atoms with E-state index in [4.69, 9.17) is 0 Å². The number of piperidine rings is 1. The van der Waals surface area contributed by atoms with Crippen LogP contribution in [0.15, 0.2) is 52.1 Å². The summed E-state index contributed by atoms with van der Waals surface area (Å²) in [6, 6.07) is 13.5. The summed E-state index contributed by atoms with van der Waals surface area (Å²) in [4.78, 5) is 40.4. The molecule has 1 aromatic heterocycles. The molecule has 2 aliphatic rings.